The minimum absolute atomic E-state index is 0.0406. The van der Waals surface area contributed by atoms with Crippen molar-refractivity contribution in [3.63, 3.8) is 0 Å². The molecule has 0 amide bonds. The van der Waals surface area contributed by atoms with Gasteiger partial charge in [0.2, 0.25) is 0 Å². The van der Waals surface area contributed by atoms with Crippen LogP contribution in [0.4, 0.5) is 92.2 Å². The predicted molar refractivity (Wildman–Crippen MR) is 396 cm³/mol. The molecule has 0 spiro atoms. The van der Waals surface area contributed by atoms with Crippen LogP contribution in [-0.4, -0.2) is 18.3 Å². The predicted octanol–water partition coefficient (Wildman–Crippen LogP) is 27.1. The van der Waals surface area contributed by atoms with Crippen LogP contribution in [0.5, 0.6) is 0 Å². The van der Waals surface area contributed by atoms with Crippen molar-refractivity contribution in [2.45, 2.75) is 69.4 Å². The maximum atomic E-state index is 14.1. The van der Waals surface area contributed by atoms with Crippen molar-refractivity contribution in [1.82, 2.24) is 18.3 Å². The maximum Gasteiger partial charge on any atom is 0.419 e. The largest absolute Gasteiger partial charge is 0.419 e. The summed E-state index contributed by atoms with van der Waals surface area (Å²) in [6.45, 7) is 5.68. The van der Waals surface area contributed by atoms with E-state index in [1.54, 1.807) is 138 Å². The molecule has 4 aromatic heterocycles. The van der Waals surface area contributed by atoms with E-state index in [0.717, 1.165) is 42.7 Å². The Morgan fingerprint density at radius 2 is 0.474 bits per heavy atom. The molecule has 0 saturated carbocycles. The van der Waals surface area contributed by atoms with Gasteiger partial charge in [-0.25, -0.2) is 0 Å². The zero-order valence-corrected chi connectivity index (χ0v) is 59.6. The molecule has 0 aliphatic rings. The van der Waals surface area contributed by atoms with Gasteiger partial charge in [0.15, 0.2) is 0 Å². The summed E-state index contributed by atoms with van der Waals surface area (Å²) >= 11 is 0. The molecule has 0 unspecified atom stereocenters. The molecule has 0 aliphatic heterocycles. The number of nitriles is 4. The third kappa shape index (κ3) is 14.7. The third-order valence-corrected chi connectivity index (χ3v) is 19.2. The molecule has 8 nitrogen and oxygen atoms in total. The van der Waals surface area contributed by atoms with Crippen LogP contribution < -0.4 is 0 Å². The van der Waals surface area contributed by atoms with Gasteiger partial charge >= 0.3 is 43.2 Å². The number of benzene rings is 12. The number of rotatable bonds is 4. The monoisotopic (exact) mass is 1600 g/mol. The number of nitrogens with zero attached hydrogens (tertiary/aromatic N) is 8. The number of para-hydroxylation sites is 8. The van der Waals surface area contributed by atoms with E-state index >= 15 is 0 Å². The zero-order chi connectivity index (χ0) is 83.9. The standard InChI is InChI=1S/C24H19F3N2.3C21H10F6N2/c1-23(2,3)18-13-22(19(24(25,26)27)12-15(18)14-28)29-20-10-6-4-8-16(20)17-9-5-7-11-21(17)29;22-20(23,24)15-10-19(16(21(25,26)27)9-12(15)11-28)29-17-7-3-1-5-13(17)14-6-2-4-8-18(14)29;22-20(23,24)15-9-12(11-28)10-16(21(25,26)27)19(15)29-17-7-3-1-5-13(17)14-6-2-4-8-18(14)29;22-20(23,24)18-12(11-28)9-10-17(19(18)21(25,26)27)29-15-7-3-1-5-13(15)14-6-2-4-8-16(14)29/h4-13H,1-3H3;3*1-10H. The molecule has 116 heavy (non-hydrogen) atoms. The Morgan fingerprint density at radius 1 is 0.224 bits per heavy atom. The molecule has 0 aliphatic carbocycles. The third-order valence-electron chi connectivity index (χ3n) is 19.2. The van der Waals surface area contributed by atoms with Gasteiger partial charge in [0.1, 0.15) is 0 Å². The molecule has 12 aromatic carbocycles. The lowest BCUT2D eigenvalue weighted by molar-refractivity contribution is -0.162. The van der Waals surface area contributed by atoms with Crippen molar-refractivity contribution in [3.05, 3.63) is 309 Å². The molecule has 0 radical (unpaired) electrons. The van der Waals surface area contributed by atoms with Crippen LogP contribution in [0.15, 0.2) is 243 Å². The van der Waals surface area contributed by atoms with Gasteiger partial charge in [-0.1, -0.05) is 166 Å². The van der Waals surface area contributed by atoms with Crippen molar-refractivity contribution in [1.29, 1.82) is 21.0 Å². The summed E-state index contributed by atoms with van der Waals surface area (Å²) in [7, 11) is 0. The van der Waals surface area contributed by atoms with Crippen molar-refractivity contribution in [2.24, 2.45) is 0 Å². The lowest BCUT2D eigenvalue weighted by atomic mass is 9.82. The van der Waals surface area contributed by atoms with E-state index in [1.807, 2.05) is 75.4 Å². The van der Waals surface area contributed by atoms with Gasteiger partial charge < -0.3 is 18.3 Å². The van der Waals surface area contributed by atoms with E-state index in [2.05, 4.69) is 0 Å². The summed E-state index contributed by atoms with van der Waals surface area (Å²) in [5.74, 6) is 0. The molecule has 0 N–H and O–H groups in total. The number of aromatic nitrogens is 4. The Balaban J connectivity index is 0.000000135. The van der Waals surface area contributed by atoms with Crippen LogP contribution in [0.25, 0.3) is 110 Å². The first-order valence-electron chi connectivity index (χ1n) is 34.3. The lowest BCUT2D eigenvalue weighted by Crippen LogP contribution is -2.21. The highest BCUT2D eigenvalue weighted by Gasteiger charge is 2.49. The molecule has 29 heteroatoms. The van der Waals surface area contributed by atoms with Crippen LogP contribution in [0.3, 0.4) is 0 Å². The van der Waals surface area contributed by atoms with Crippen LogP contribution in [0, 0.1) is 45.3 Å². The highest BCUT2D eigenvalue weighted by atomic mass is 19.4. The molecule has 16 rings (SSSR count). The van der Waals surface area contributed by atoms with Gasteiger partial charge in [-0.15, -0.1) is 0 Å². The molecular weight excluding hydrogens is 1560 g/mol. The first-order valence-corrected chi connectivity index (χ1v) is 34.3. The number of hydrogen-bond acceptors (Lipinski definition) is 4. The number of alkyl halides is 21. The minimum Gasteiger partial charge on any atom is -0.309 e. The molecule has 4 heterocycles. The Labute approximate surface area is 641 Å². The SMILES string of the molecule is CC(C)(C)c1cc(-n2c3ccccc3c3ccccc32)c(C(F)(F)F)cc1C#N.N#Cc1cc(C(F)(F)F)c(-n2c3ccccc3c3ccccc32)c(C(F)(F)F)c1.N#Cc1cc(C(F)(F)F)c(-n2c3ccccc3c3ccccc32)cc1C(F)(F)F.N#Cc1ccc(-n2c3ccccc3c3ccccc32)c(C(F)(F)F)c1C(F)(F)F. The fraction of sp³-hybridized carbons (Fsp3) is 0.126. The van der Waals surface area contributed by atoms with E-state index in [4.69, 9.17) is 15.8 Å². The zero-order valence-electron chi connectivity index (χ0n) is 59.6. The van der Waals surface area contributed by atoms with Crippen LogP contribution in [0.1, 0.15) is 87.5 Å². The Bertz CT molecular complexity index is 6150. The highest BCUT2D eigenvalue weighted by Crippen LogP contribution is 2.51. The number of hydrogen-bond donors (Lipinski definition) is 0. The van der Waals surface area contributed by atoms with Gasteiger partial charge in [0.05, 0.1) is 152 Å². The second-order valence-electron chi connectivity index (χ2n) is 27.3. The Kier molecular flexibility index (Phi) is 20.4. The lowest BCUT2D eigenvalue weighted by Gasteiger charge is -2.24. The van der Waals surface area contributed by atoms with Gasteiger partial charge in [0, 0.05) is 43.1 Å². The molecular formula is C87H49F21N8. The minimum atomic E-state index is -5.36. The summed E-state index contributed by atoms with van der Waals surface area (Å²) in [5, 5.41) is 41.8. The first-order chi connectivity index (χ1) is 54.5. The summed E-state index contributed by atoms with van der Waals surface area (Å²) in [6.07, 6.45) is -35.4. The van der Waals surface area contributed by atoms with Crippen molar-refractivity contribution in [2.75, 3.05) is 0 Å². The number of halogens is 21. The molecule has 16 aromatic rings. The normalized spacial score (nSPS) is 12.4. The van der Waals surface area contributed by atoms with Crippen molar-refractivity contribution >= 4 is 87.2 Å². The van der Waals surface area contributed by atoms with Gasteiger partial charge in [0.25, 0.3) is 0 Å². The highest BCUT2D eigenvalue weighted by molar-refractivity contribution is 6.12. The maximum absolute atomic E-state index is 14.1. The Morgan fingerprint density at radius 3 is 0.724 bits per heavy atom. The molecule has 0 saturated heterocycles. The summed E-state index contributed by atoms with van der Waals surface area (Å²) in [5.41, 5.74) is -12.4. The Hall–Kier alpha value is -13.7. The topological polar surface area (TPSA) is 115 Å². The molecule has 0 atom stereocenters. The molecule has 0 fully saturated rings. The second-order valence-corrected chi connectivity index (χ2v) is 27.3. The summed E-state index contributed by atoms with van der Waals surface area (Å²) in [6, 6.07) is 65.2. The molecule has 0 bridgehead atoms. The van der Waals surface area contributed by atoms with E-state index in [-0.39, 0.29) is 28.4 Å². The van der Waals surface area contributed by atoms with Crippen LogP contribution in [-0.2, 0) is 48.6 Å². The fourth-order valence-corrected chi connectivity index (χ4v) is 14.6. The summed E-state index contributed by atoms with van der Waals surface area (Å²) in [4.78, 5) is 0. The van der Waals surface area contributed by atoms with E-state index in [0.29, 0.717) is 89.2 Å². The average Bonchev–Trinajstić information content (AvgIpc) is 1.56. The molecule has 584 valence electrons. The first kappa shape index (κ1) is 80.4. The van der Waals surface area contributed by atoms with Gasteiger partial charge in [-0.05, 0) is 108 Å². The van der Waals surface area contributed by atoms with E-state index in [9.17, 15) is 97.5 Å². The van der Waals surface area contributed by atoms with E-state index < -0.39 is 121 Å². The fourth-order valence-electron chi connectivity index (χ4n) is 14.6. The van der Waals surface area contributed by atoms with Gasteiger partial charge in [-0.2, -0.15) is 113 Å². The van der Waals surface area contributed by atoms with E-state index in [1.165, 1.54) is 36.4 Å². The van der Waals surface area contributed by atoms with Crippen LogP contribution in [0.2, 0.25) is 0 Å². The smallest absolute Gasteiger partial charge is 0.309 e. The number of fused-ring (bicyclic) bond motifs is 12. The summed E-state index contributed by atoms with van der Waals surface area (Å²) < 4.78 is 295. The van der Waals surface area contributed by atoms with Crippen molar-refractivity contribution < 1.29 is 92.2 Å². The quantitative estimate of drug-likeness (QED) is 0.163. The average molecular weight is 1610 g/mol. The van der Waals surface area contributed by atoms with Gasteiger partial charge in [-0.3, -0.25) is 0 Å². The van der Waals surface area contributed by atoms with Crippen molar-refractivity contribution in [3.8, 4) is 47.0 Å². The second kappa shape index (κ2) is 29.4. The van der Waals surface area contributed by atoms with Crippen LogP contribution >= 0.6 is 0 Å².